The first-order valence-corrected chi connectivity index (χ1v) is 9.27. The molecule has 1 atom stereocenters. The number of aliphatic hydroxyl groups excluding tert-OH is 1. The number of carbonyl (C=O) groups excluding carboxylic acids is 1. The summed E-state index contributed by atoms with van der Waals surface area (Å²) in [6, 6.07) is 2.08. The molecule has 1 saturated heterocycles. The van der Waals surface area contributed by atoms with Crippen LogP contribution in [-0.4, -0.2) is 35.2 Å². The highest BCUT2D eigenvalue weighted by Crippen LogP contribution is 2.37. The molecule has 1 aliphatic rings. The average Bonchev–Trinajstić information content (AvgIpc) is 2.73. The largest absolute Gasteiger partial charge is 0.397 e. The first-order chi connectivity index (χ1) is 11.5. The summed E-state index contributed by atoms with van der Waals surface area (Å²) in [4.78, 5) is 19.7. The van der Waals surface area contributed by atoms with Crippen molar-refractivity contribution >= 4 is 39.0 Å². The Hall–Kier alpha value is -1.86. The van der Waals surface area contributed by atoms with E-state index in [0.717, 1.165) is 66.8 Å². The number of nitrogens with zero attached hydrogens (tertiary/aromatic N) is 2. The number of aliphatic hydroxyl groups is 1. The summed E-state index contributed by atoms with van der Waals surface area (Å²) in [6.07, 6.45) is 4.16. The second-order valence-corrected chi connectivity index (χ2v) is 7.35. The second kappa shape index (κ2) is 6.94. The minimum Gasteiger partial charge on any atom is -0.397 e. The number of fused-ring (bicyclic) bond motifs is 1. The molecule has 0 aliphatic carbocycles. The summed E-state index contributed by atoms with van der Waals surface area (Å²) in [5.41, 5.74) is 13.2. The van der Waals surface area contributed by atoms with E-state index in [9.17, 15) is 9.90 Å². The van der Waals surface area contributed by atoms with Gasteiger partial charge in [-0.3, -0.25) is 4.79 Å². The number of anilines is 2. The Labute approximate surface area is 145 Å². The number of rotatable bonds is 4. The van der Waals surface area contributed by atoms with E-state index >= 15 is 0 Å². The smallest absolute Gasteiger partial charge is 0.260 e. The number of amides is 1. The summed E-state index contributed by atoms with van der Waals surface area (Å²) in [7, 11) is 0. The van der Waals surface area contributed by atoms with Crippen molar-refractivity contribution in [2.24, 2.45) is 5.73 Å². The lowest BCUT2D eigenvalue weighted by Crippen LogP contribution is -2.25. The van der Waals surface area contributed by atoms with Gasteiger partial charge in [0.05, 0.1) is 11.8 Å². The van der Waals surface area contributed by atoms with E-state index in [-0.39, 0.29) is 6.10 Å². The normalized spacial score (nSPS) is 18.8. The van der Waals surface area contributed by atoms with Crippen molar-refractivity contribution in [1.82, 2.24) is 4.98 Å². The standard InChI is InChI=1S/C17H24N4O2S/c1-2-4-10-9-12(21-7-3-5-11(22)6-8-21)20-17-13(10)14(18)15(24-17)16(19)23/h9,11,22H,2-8,18H2,1H3,(H2,19,23). The van der Waals surface area contributed by atoms with Gasteiger partial charge in [-0.1, -0.05) is 13.3 Å². The zero-order chi connectivity index (χ0) is 17.3. The molecule has 5 N–H and O–H groups in total. The molecular weight excluding hydrogens is 324 g/mol. The van der Waals surface area contributed by atoms with Gasteiger partial charge in [-0.05, 0) is 37.3 Å². The SMILES string of the molecule is CCCc1cc(N2CCCC(O)CC2)nc2sc(C(N)=O)c(N)c12. The average molecular weight is 348 g/mol. The van der Waals surface area contributed by atoms with Crippen LogP contribution >= 0.6 is 11.3 Å². The lowest BCUT2D eigenvalue weighted by molar-refractivity contribution is 0.100. The van der Waals surface area contributed by atoms with Crippen LogP contribution in [0.1, 0.15) is 47.8 Å². The fourth-order valence-electron chi connectivity index (χ4n) is 3.30. The summed E-state index contributed by atoms with van der Waals surface area (Å²) >= 11 is 1.27. The van der Waals surface area contributed by atoms with Crippen molar-refractivity contribution in [3.8, 4) is 0 Å². The molecule has 3 rings (SSSR count). The van der Waals surface area contributed by atoms with Crippen LogP contribution in [0.15, 0.2) is 6.07 Å². The van der Waals surface area contributed by atoms with Gasteiger partial charge in [0.1, 0.15) is 15.5 Å². The number of primary amides is 1. The fourth-order valence-corrected chi connectivity index (χ4v) is 4.29. The molecule has 7 heteroatoms. The number of pyridine rings is 1. The fraction of sp³-hybridized carbons (Fsp3) is 0.529. The van der Waals surface area contributed by atoms with Gasteiger partial charge in [-0.25, -0.2) is 4.98 Å². The van der Waals surface area contributed by atoms with E-state index in [0.29, 0.717) is 10.6 Å². The van der Waals surface area contributed by atoms with Gasteiger partial charge in [-0.2, -0.15) is 0 Å². The summed E-state index contributed by atoms with van der Waals surface area (Å²) in [5.74, 6) is 0.398. The van der Waals surface area contributed by atoms with Crippen molar-refractivity contribution in [3.63, 3.8) is 0 Å². The van der Waals surface area contributed by atoms with Gasteiger partial charge in [0.2, 0.25) is 0 Å². The number of nitrogen functional groups attached to an aromatic ring is 1. The Morgan fingerprint density at radius 1 is 1.46 bits per heavy atom. The molecule has 0 saturated carbocycles. The van der Waals surface area contributed by atoms with E-state index in [2.05, 4.69) is 17.9 Å². The van der Waals surface area contributed by atoms with Crippen LogP contribution < -0.4 is 16.4 Å². The van der Waals surface area contributed by atoms with E-state index in [1.807, 2.05) is 0 Å². The highest BCUT2D eigenvalue weighted by Gasteiger charge is 2.21. The Bertz CT molecular complexity index is 759. The minimum atomic E-state index is -0.502. The maximum absolute atomic E-state index is 11.6. The molecule has 130 valence electrons. The molecule has 6 nitrogen and oxygen atoms in total. The van der Waals surface area contributed by atoms with Crippen molar-refractivity contribution in [1.29, 1.82) is 0 Å². The summed E-state index contributed by atoms with van der Waals surface area (Å²) in [6.45, 7) is 3.78. The van der Waals surface area contributed by atoms with E-state index in [4.69, 9.17) is 16.5 Å². The lowest BCUT2D eigenvalue weighted by Gasteiger charge is -2.22. The molecule has 0 spiro atoms. The van der Waals surface area contributed by atoms with Gasteiger partial charge >= 0.3 is 0 Å². The monoisotopic (exact) mass is 348 g/mol. The van der Waals surface area contributed by atoms with Crippen LogP contribution in [0.2, 0.25) is 0 Å². The third-order valence-corrected chi connectivity index (χ3v) is 5.65. The Morgan fingerprint density at radius 3 is 2.96 bits per heavy atom. The van der Waals surface area contributed by atoms with Crippen LogP contribution in [0.3, 0.4) is 0 Å². The highest BCUT2D eigenvalue weighted by molar-refractivity contribution is 7.21. The van der Waals surface area contributed by atoms with Crippen LogP contribution in [0.25, 0.3) is 10.2 Å². The molecule has 1 aliphatic heterocycles. The molecule has 1 unspecified atom stereocenters. The van der Waals surface area contributed by atoms with Crippen molar-refractivity contribution in [2.45, 2.75) is 45.1 Å². The van der Waals surface area contributed by atoms with Crippen LogP contribution in [0.5, 0.6) is 0 Å². The number of carbonyl (C=O) groups is 1. The zero-order valence-electron chi connectivity index (χ0n) is 13.9. The van der Waals surface area contributed by atoms with Crippen LogP contribution in [0.4, 0.5) is 11.5 Å². The van der Waals surface area contributed by atoms with Gasteiger partial charge in [-0.15, -0.1) is 11.3 Å². The molecule has 0 bridgehead atoms. The number of nitrogens with two attached hydrogens (primary N) is 2. The Morgan fingerprint density at radius 2 is 2.25 bits per heavy atom. The molecule has 2 aromatic heterocycles. The summed E-state index contributed by atoms with van der Waals surface area (Å²) in [5, 5.41) is 10.7. The predicted octanol–water partition coefficient (Wildman–Crippen LogP) is 2.28. The number of aryl methyl sites for hydroxylation is 1. The maximum atomic E-state index is 11.6. The first-order valence-electron chi connectivity index (χ1n) is 8.46. The second-order valence-electron chi connectivity index (χ2n) is 6.35. The zero-order valence-corrected chi connectivity index (χ0v) is 14.7. The van der Waals surface area contributed by atoms with Crippen LogP contribution in [0, 0.1) is 0 Å². The van der Waals surface area contributed by atoms with E-state index < -0.39 is 5.91 Å². The molecule has 3 heterocycles. The molecule has 2 aromatic rings. The number of aromatic nitrogens is 1. The lowest BCUT2D eigenvalue weighted by atomic mass is 10.1. The van der Waals surface area contributed by atoms with E-state index in [1.165, 1.54) is 11.3 Å². The van der Waals surface area contributed by atoms with Crippen molar-refractivity contribution < 1.29 is 9.90 Å². The van der Waals surface area contributed by atoms with Crippen LogP contribution in [-0.2, 0) is 6.42 Å². The third-order valence-electron chi connectivity index (χ3n) is 4.53. The molecule has 24 heavy (non-hydrogen) atoms. The minimum absolute atomic E-state index is 0.229. The summed E-state index contributed by atoms with van der Waals surface area (Å²) < 4.78 is 0. The van der Waals surface area contributed by atoms with E-state index in [1.54, 1.807) is 0 Å². The number of hydrogen-bond acceptors (Lipinski definition) is 6. The van der Waals surface area contributed by atoms with Gasteiger partial charge in [0.15, 0.2) is 0 Å². The van der Waals surface area contributed by atoms with Gasteiger partial charge < -0.3 is 21.5 Å². The number of hydrogen-bond donors (Lipinski definition) is 3. The molecule has 0 radical (unpaired) electrons. The topological polar surface area (TPSA) is 105 Å². The highest BCUT2D eigenvalue weighted by atomic mass is 32.1. The Balaban J connectivity index is 2.07. The molecule has 1 amide bonds. The molecular formula is C17H24N4O2S. The molecule has 1 fully saturated rings. The van der Waals surface area contributed by atoms with Crippen molar-refractivity contribution in [3.05, 3.63) is 16.5 Å². The number of thiophene rings is 1. The quantitative estimate of drug-likeness (QED) is 0.786. The van der Waals surface area contributed by atoms with Gasteiger partial charge in [0.25, 0.3) is 5.91 Å². The van der Waals surface area contributed by atoms with Crippen molar-refractivity contribution in [2.75, 3.05) is 23.7 Å². The Kier molecular flexibility index (Phi) is 4.91. The maximum Gasteiger partial charge on any atom is 0.260 e. The third kappa shape index (κ3) is 3.18. The first kappa shape index (κ1) is 17.0. The van der Waals surface area contributed by atoms with Gasteiger partial charge in [0, 0.05) is 18.5 Å². The predicted molar refractivity (Wildman–Crippen MR) is 98.6 cm³/mol. The molecule has 0 aromatic carbocycles.